The zero-order chi connectivity index (χ0) is 29.9. The van der Waals surface area contributed by atoms with Gasteiger partial charge in [0, 0.05) is 34.8 Å². The molecule has 0 spiro atoms. The number of hydrogen-bond donors (Lipinski definition) is 1. The molecule has 4 rings (SSSR count). The van der Waals surface area contributed by atoms with Crippen molar-refractivity contribution in [1.29, 1.82) is 0 Å². The maximum atomic E-state index is 12.8. The van der Waals surface area contributed by atoms with Crippen LogP contribution in [0.4, 0.5) is 0 Å². The molecule has 42 heavy (non-hydrogen) atoms. The van der Waals surface area contributed by atoms with Crippen LogP contribution in [0.3, 0.4) is 0 Å². The number of aromatic nitrogens is 2. The van der Waals surface area contributed by atoms with Crippen LogP contribution in [0, 0.1) is 12.8 Å². The van der Waals surface area contributed by atoms with Crippen LogP contribution in [-0.4, -0.2) is 33.4 Å². The number of aryl methyl sites for hydroxylation is 2. The average molecular weight is 585 g/mol. The van der Waals surface area contributed by atoms with Gasteiger partial charge in [-0.3, -0.25) is 9.59 Å². The summed E-state index contributed by atoms with van der Waals surface area (Å²) in [5.41, 5.74) is 4.73. The van der Waals surface area contributed by atoms with Crippen molar-refractivity contribution in [3.63, 3.8) is 0 Å². The van der Waals surface area contributed by atoms with Crippen molar-refractivity contribution in [3.05, 3.63) is 87.9 Å². The highest BCUT2D eigenvalue weighted by Gasteiger charge is 2.24. The number of ether oxygens (including phenoxy) is 1. The van der Waals surface area contributed by atoms with Gasteiger partial charge in [-0.2, -0.15) is 0 Å². The highest BCUT2D eigenvalue weighted by molar-refractivity contribution is 7.14. The first-order valence-corrected chi connectivity index (χ1v) is 15.7. The van der Waals surface area contributed by atoms with Crippen molar-refractivity contribution in [2.24, 2.45) is 5.92 Å². The molecule has 0 saturated carbocycles. The Morgan fingerprint density at radius 1 is 0.881 bits per heavy atom. The second kappa shape index (κ2) is 15.4. The van der Waals surface area contributed by atoms with Gasteiger partial charge >= 0.3 is 5.97 Å². The first-order valence-electron chi connectivity index (χ1n) is 14.9. The Bertz CT molecular complexity index is 1440. The molecule has 0 aliphatic heterocycles. The third-order valence-electron chi connectivity index (χ3n) is 7.45. The molecule has 0 amide bonds. The Labute approximate surface area is 252 Å². The quantitative estimate of drug-likeness (QED) is 0.105. The summed E-state index contributed by atoms with van der Waals surface area (Å²) < 4.78 is 5.87. The van der Waals surface area contributed by atoms with Gasteiger partial charge in [0.1, 0.15) is 5.75 Å². The number of hydrogen-bond acceptors (Lipinski definition) is 6. The monoisotopic (exact) mass is 584 g/mol. The van der Waals surface area contributed by atoms with Gasteiger partial charge in [-0.1, -0.05) is 75.9 Å². The molecule has 7 heteroatoms. The van der Waals surface area contributed by atoms with Crippen LogP contribution in [0.2, 0.25) is 0 Å². The molecule has 1 N–H and O–H groups in total. The molecule has 0 bridgehead atoms. The van der Waals surface area contributed by atoms with Crippen molar-refractivity contribution < 1.29 is 19.4 Å². The van der Waals surface area contributed by atoms with E-state index in [1.165, 1.54) is 41.9 Å². The van der Waals surface area contributed by atoms with E-state index in [0.29, 0.717) is 10.7 Å². The number of Topliss-reactive ketones (excluding diaryl/α,β-unsaturated/α-hetero) is 1. The van der Waals surface area contributed by atoms with Gasteiger partial charge in [-0.05, 0) is 61.1 Å². The second-order valence-corrected chi connectivity index (χ2v) is 11.9. The van der Waals surface area contributed by atoms with Crippen LogP contribution < -0.4 is 4.74 Å². The summed E-state index contributed by atoms with van der Waals surface area (Å²) in [6.07, 6.45) is 10.8. The van der Waals surface area contributed by atoms with Gasteiger partial charge in [0.25, 0.3) is 0 Å². The third kappa shape index (κ3) is 8.58. The number of unbranched alkanes of at least 4 members (excludes halogenated alkanes) is 4. The van der Waals surface area contributed by atoms with Gasteiger partial charge in [-0.25, -0.2) is 9.97 Å². The molecule has 220 valence electrons. The Morgan fingerprint density at radius 3 is 2.17 bits per heavy atom. The van der Waals surface area contributed by atoms with Crippen LogP contribution in [0.1, 0.15) is 78.0 Å². The molecule has 2 aromatic heterocycles. The lowest BCUT2D eigenvalue weighted by atomic mass is 9.93. The van der Waals surface area contributed by atoms with E-state index in [1.54, 1.807) is 0 Å². The van der Waals surface area contributed by atoms with Crippen molar-refractivity contribution in [1.82, 2.24) is 9.97 Å². The minimum Gasteiger partial charge on any atom is -0.494 e. The Hall–Kier alpha value is -3.84. The molecule has 1 atom stereocenters. The smallest absolute Gasteiger partial charge is 0.307 e. The number of thiophene rings is 1. The molecule has 0 aliphatic rings. The maximum absolute atomic E-state index is 12.8. The molecule has 2 heterocycles. The molecule has 4 aromatic rings. The van der Waals surface area contributed by atoms with Crippen LogP contribution in [0.25, 0.3) is 22.5 Å². The maximum Gasteiger partial charge on any atom is 0.307 e. The van der Waals surface area contributed by atoms with Crippen molar-refractivity contribution in [3.8, 4) is 28.3 Å². The van der Waals surface area contributed by atoms with Crippen LogP contribution >= 0.6 is 11.3 Å². The second-order valence-electron chi connectivity index (χ2n) is 10.7. The summed E-state index contributed by atoms with van der Waals surface area (Å²) in [7, 11) is 0. The predicted molar refractivity (Wildman–Crippen MR) is 169 cm³/mol. The van der Waals surface area contributed by atoms with Crippen LogP contribution in [0.15, 0.2) is 67.0 Å². The van der Waals surface area contributed by atoms with E-state index in [4.69, 9.17) is 4.74 Å². The minimum absolute atomic E-state index is 0.0169. The van der Waals surface area contributed by atoms with E-state index in [0.717, 1.165) is 53.0 Å². The molecule has 0 aliphatic carbocycles. The SMILES string of the molecule is CCCCCCCOc1ccc(-c2cnc(-c3ccc(C[C@H](CC(=O)c4cc(C)c(CC)s4)C(=O)O)cc3)nc2)cc1. The number of carbonyl (C=O) groups is 2. The summed E-state index contributed by atoms with van der Waals surface area (Å²) in [4.78, 5) is 35.7. The van der Waals surface area contributed by atoms with Gasteiger partial charge in [-0.15, -0.1) is 11.3 Å². The number of benzene rings is 2. The predicted octanol–water partition coefficient (Wildman–Crippen LogP) is 8.61. The third-order valence-corrected chi connectivity index (χ3v) is 8.87. The molecule has 0 fully saturated rings. The van der Waals surface area contributed by atoms with Gasteiger partial charge in [0.05, 0.1) is 17.4 Å². The van der Waals surface area contributed by atoms with Gasteiger partial charge in [0.2, 0.25) is 0 Å². The lowest BCUT2D eigenvalue weighted by molar-refractivity contribution is -0.141. The van der Waals surface area contributed by atoms with E-state index >= 15 is 0 Å². The summed E-state index contributed by atoms with van der Waals surface area (Å²) in [6, 6.07) is 17.5. The van der Waals surface area contributed by atoms with Crippen LogP contribution in [0.5, 0.6) is 5.75 Å². The number of carbonyl (C=O) groups excluding carboxylic acids is 1. The standard InChI is InChI=1S/C35H40N2O4S/c1-4-6-7-8-9-18-41-30-16-14-26(15-17-30)29-22-36-34(37-23-29)27-12-10-25(11-13-27)20-28(35(39)40)21-31(38)33-19-24(3)32(5-2)42-33/h10-17,19,22-23,28H,4-9,18,20-21H2,1-3H3,(H,39,40)/t28-/m1/s1. The summed E-state index contributed by atoms with van der Waals surface area (Å²) >= 11 is 1.47. The lowest BCUT2D eigenvalue weighted by Gasteiger charge is -2.12. The number of nitrogens with zero attached hydrogens (tertiary/aromatic N) is 2. The van der Waals surface area contributed by atoms with Gasteiger partial charge in [0.15, 0.2) is 11.6 Å². The fraction of sp³-hybridized carbons (Fsp3) is 0.371. The Kier molecular flexibility index (Phi) is 11.4. The lowest BCUT2D eigenvalue weighted by Crippen LogP contribution is -2.20. The molecular formula is C35H40N2O4S. The number of carboxylic acid groups (broad SMARTS) is 1. The first-order chi connectivity index (χ1) is 20.4. The van der Waals surface area contributed by atoms with Crippen molar-refractivity contribution in [2.75, 3.05) is 6.61 Å². The minimum atomic E-state index is -0.961. The van der Waals surface area contributed by atoms with Crippen molar-refractivity contribution in [2.45, 2.75) is 72.1 Å². The van der Waals surface area contributed by atoms with Crippen molar-refractivity contribution >= 4 is 23.1 Å². The van der Waals surface area contributed by atoms with E-state index < -0.39 is 11.9 Å². The number of ketones is 1. The molecule has 0 radical (unpaired) electrons. The highest BCUT2D eigenvalue weighted by Crippen LogP contribution is 2.27. The fourth-order valence-electron chi connectivity index (χ4n) is 4.92. The molecule has 0 saturated heterocycles. The van der Waals surface area contributed by atoms with E-state index in [2.05, 4.69) is 23.8 Å². The number of aliphatic carboxylic acids is 1. The largest absolute Gasteiger partial charge is 0.494 e. The first kappa shape index (κ1) is 31.1. The highest BCUT2D eigenvalue weighted by atomic mass is 32.1. The normalized spacial score (nSPS) is 11.8. The van der Waals surface area contributed by atoms with Gasteiger partial charge < -0.3 is 9.84 Å². The van der Waals surface area contributed by atoms with Crippen LogP contribution in [-0.2, 0) is 17.6 Å². The number of rotatable bonds is 16. The number of carboxylic acids is 1. The molecule has 6 nitrogen and oxygen atoms in total. The molecular weight excluding hydrogens is 544 g/mol. The van der Waals surface area contributed by atoms with E-state index in [1.807, 2.05) is 73.9 Å². The summed E-state index contributed by atoms with van der Waals surface area (Å²) in [5, 5.41) is 9.80. The fourth-order valence-corrected chi connectivity index (χ4v) is 5.98. The zero-order valence-electron chi connectivity index (χ0n) is 24.8. The summed E-state index contributed by atoms with van der Waals surface area (Å²) in [5.74, 6) is -0.390. The van der Waals surface area contributed by atoms with E-state index in [9.17, 15) is 14.7 Å². The summed E-state index contributed by atoms with van der Waals surface area (Å²) in [6.45, 7) is 7.01. The molecule has 2 aromatic carbocycles. The molecule has 0 unspecified atom stereocenters. The Balaban J connectivity index is 1.33. The topological polar surface area (TPSA) is 89.4 Å². The zero-order valence-corrected chi connectivity index (χ0v) is 25.6. The van der Waals surface area contributed by atoms with E-state index in [-0.39, 0.29) is 18.6 Å². The average Bonchev–Trinajstić information content (AvgIpc) is 3.40. The Morgan fingerprint density at radius 2 is 1.55 bits per heavy atom.